The lowest BCUT2D eigenvalue weighted by Crippen LogP contribution is -2.22. The van der Waals surface area contributed by atoms with Gasteiger partial charge in [-0.25, -0.2) is 4.98 Å². The molecular weight excluding hydrogens is 254 g/mol. The first-order valence-electron chi connectivity index (χ1n) is 6.19. The van der Waals surface area contributed by atoms with Crippen LogP contribution in [0.3, 0.4) is 0 Å². The van der Waals surface area contributed by atoms with Gasteiger partial charge < -0.3 is 16.8 Å². The highest BCUT2D eigenvalue weighted by Crippen LogP contribution is 2.23. The smallest absolute Gasteiger partial charge is 0.236 e. The molecule has 6 heteroatoms. The van der Waals surface area contributed by atoms with E-state index in [0.29, 0.717) is 11.5 Å². The quantitative estimate of drug-likeness (QED) is 0.775. The maximum Gasteiger partial charge on any atom is 0.236 e. The van der Waals surface area contributed by atoms with Crippen molar-refractivity contribution in [3.63, 3.8) is 0 Å². The molecule has 1 aromatic heterocycles. The van der Waals surface area contributed by atoms with Crippen molar-refractivity contribution >= 4 is 17.7 Å². The van der Waals surface area contributed by atoms with Crippen molar-refractivity contribution in [1.82, 2.24) is 9.97 Å². The number of amides is 1. The van der Waals surface area contributed by atoms with Crippen molar-refractivity contribution < 1.29 is 4.79 Å². The van der Waals surface area contributed by atoms with Gasteiger partial charge in [-0.2, -0.15) is 4.98 Å². The lowest BCUT2D eigenvalue weighted by molar-refractivity contribution is -0.116. The Kier molecular flexibility index (Phi) is 3.84. The topological polar surface area (TPSA) is 107 Å². The first-order chi connectivity index (χ1) is 9.44. The fourth-order valence-corrected chi connectivity index (χ4v) is 2.00. The van der Waals surface area contributed by atoms with Gasteiger partial charge in [0.05, 0.1) is 12.2 Å². The summed E-state index contributed by atoms with van der Waals surface area (Å²) in [7, 11) is 0. The molecule has 0 aliphatic rings. The Balaban J connectivity index is 2.38. The Morgan fingerprint density at radius 1 is 1.15 bits per heavy atom. The monoisotopic (exact) mass is 271 g/mol. The second-order valence-electron chi connectivity index (χ2n) is 4.69. The molecule has 0 saturated carbocycles. The van der Waals surface area contributed by atoms with Crippen LogP contribution in [0.25, 0.3) is 11.3 Å². The van der Waals surface area contributed by atoms with Gasteiger partial charge in [0, 0.05) is 11.6 Å². The third kappa shape index (κ3) is 3.44. The van der Waals surface area contributed by atoms with Crippen LogP contribution in [0.2, 0.25) is 0 Å². The number of primary amides is 1. The van der Waals surface area contributed by atoms with E-state index in [1.54, 1.807) is 6.07 Å². The van der Waals surface area contributed by atoms with E-state index in [1.165, 1.54) is 0 Å². The number of anilines is 2. The second-order valence-corrected chi connectivity index (χ2v) is 4.69. The van der Waals surface area contributed by atoms with E-state index in [4.69, 9.17) is 11.5 Å². The van der Waals surface area contributed by atoms with Crippen LogP contribution in [-0.4, -0.2) is 22.4 Å². The summed E-state index contributed by atoms with van der Waals surface area (Å²) in [6.45, 7) is 4.04. The summed E-state index contributed by atoms with van der Waals surface area (Å²) in [6.07, 6.45) is 0. The molecule has 2 rings (SSSR count). The minimum atomic E-state index is -0.463. The van der Waals surface area contributed by atoms with Gasteiger partial charge in [0.2, 0.25) is 11.9 Å². The number of rotatable bonds is 4. The fraction of sp³-hybridized carbons (Fsp3) is 0.214. The van der Waals surface area contributed by atoms with Crippen LogP contribution in [0, 0.1) is 13.8 Å². The van der Waals surface area contributed by atoms with E-state index in [2.05, 4.69) is 21.4 Å². The molecule has 0 aliphatic heterocycles. The van der Waals surface area contributed by atoms with Gasteiger partial charge in [-0.1, -0.05) is 17.2 Å². The molecule has 0 spiro atoms. The number of nitrogens with zero attached hydrogens (tertiary/aromatic N) is 2. The van der Waals surface area contributed by atoms with Crippen LogP contribution in [0.15, 0.2) is 24.3 Å². The number of carbonyl (C=O) groups is 1. The van der Waals surface area contributed by atoms with Crippen molar-refractivity contribution in [2.45, 2.75) is 13.8 Å². The number of hydrogen-bond acceptors (Lipinski definition) is 5. The Hall–Kier alpha value is -2.63. The summed E-state index contributed by atoms with van der Waals surface area (Å²) in [5.74, 6) is 0.161. The molecule has 0 saturated heterocycles. The number of hydrogen-bond donors (Lipinski definition) is 3. The van der Waals surface area contributed by atoms with E-state index in [-0.39, 0.29) is 12.5 Å². The number of nitrogens with two attached hydrogens (primary N) is 2. The summed E-state index contributed by atoms with van der Waals surface area (Å²) in [4.78, 5) is 19.0. The van der Waals surface area contributed by atoms with E-state index in [1.807, 2.05) is 26.0 Å². The summed E-state index contributed by atoms with van der Waals surface area (Å²) in [6, 6.07) is 7.87. The third-order valence-electron chi connectivity index (χ3n) is 2.70. The van der Waals surface area contributed by atoms with Crippen molar-refractivity contribution in [3.8, 4) is 11.3 Å². The number of carbonyl (C=O) groups excluding carboxylic acids is 1. The molecule has 0 aliphatic carbocycles. The SMILES string of the molecule is Cc1cc(C)cc(-c2cc(NCC(N)=O)nc(N)n2)c1. The number of aromatic nitrogens is 2. The van der Waals surface area contributed by atoms with Crippen molar-refractivity contribution in [2.24, 2.45) is 5.73 Å². The third-order valence-corrected chi connectivity index (χ3v) is 2.70. The summed E-state index contributed by atoms with van der Waals surface area (Å²) in [5.41, 5.74) is 14.7. The molecule has 6 nitrogen and oxygen atoms in total. The molecule has 20 heavy (non-hydrogen) atoms. The molecule has 0 bridgehead atoms. The summed E-state index contributed by atoms with van der Waals surface area (Å²) >= 11 is 0. The highest BCUT2D eigenvalue weighted by molar-refractivity contribution is 5.78. The lowest BCUT2D eigenvalue weighted by atomic mass is 10.0. The van der Waals surface area contributed by atoms with Gasteiger partial charge in [0.25, 0.3) is 0 Å². The average Bonchev–Trinajstić information content (AvgIpc) is 2.34. The number of aryl methyl sites for hydroxylation is 2. The minimum Gasteiger partial charge on any atom is -0.368 e. The molecule has 104 valence electrons. The molecule has 0 radical (unpaired) electrons. The molecule has 1 heterocycles. The zero-order valence-corrected chi connectivity index (χ0v) is 11.5. The minimum absolute atomic E-state index is 0.00272. The van der Waals surface area contributed by atoms with Gasteiger partial charge in [-0.15, -0.1) is 0 Å². The Labute approximate surface area is 117 Å². The van der Waals surface area contributed by atoms with Crippen molar-refractivity contribution in [2.75, 3.05) is 17.6 Å². The molecule has 0 unspecified atom stereocenters. The molecule has 0 atom stereocenters. The van der Waals surface area contributed by atoms with Crippen LogP contribution < -0.4 is 16.8 Å². The van der Waals surface area contributed by atoms with E-state index in [9.17, 15) is 4.79 Å². The van der Waals surface area contributed by atoms with E-state index < -0.39 is 5.91 Å². The standard InChI is InChI=1S/C14H17N5O/c1-8-3-9(2)5-10(4-8)11-6-13(17-7-12(15)20)19-14(16)18-11/h3-6H,7H2,1-2H3,(H2,15,20)(H3,16,17,18,19). The van der Waals surface area contributed by atoms with Gasteiger partial charge in [0.1, 0.15) is 5.82 Å². The highest BCUT2D eigenvalue weighted by atomic mass is 16.1. The average molecular weight is 271 g/mol. The summed E-state index contributed by atoms with van der Waals surface area (Å²) in [5, 5.41) is 2.82. The molecule has 0 fully saturated rings. The molecule has 5 N–H and O–H groups in total. The number of benzene rings is 1. The number of nitrogens with one attached hydrogen (secondary N) is 1. The maximum absolute atomic E-state index is 10.8. The second kappa shape index (κ2) is 5.56. The first kappa shape index (κ1) is 13.8. The molecule has 2 aromatic rings. The van der Waals surface area contributed by atoms with Crippen molar-refractivity contribution in [3.05, 3.63) is 35.4 Å². The zero-order valence-electron chi connectivity index (χ0n) is 11.5. The Bertz CT molecular complexity index is 634. The molecule has 1 aromatic carbocycles. The lowest BCUT2D eigenvalue weighted by Gasteiger charge is -2.08. The predicted molar refractivity (Wildman–Crippen MR) is 79.0 cm³/mol. The summed E-state index contributed by atoms with van der Waals surface area (Å²) < 4.78 is 0. The Morgan fingerprint density at radius 3 is 2.40 bits per heavy atom. The first-order valence-corrected chi connectivity index (χ1v) is 6.19. The van der Waals surface area contributed by atoms with E-state index in [0.717, 1.165) is 16.7 Å². The molecular formula is C14H17N5O. The van der Waals surface area contributed by atoms with Gasteiger partial charge in [-0.3, -0.25) is 4.79 Å². The molecule has 1 amide bonds. The van der Waals surface area contributed by atoms with E-state index >= 15 is 0 Å². The van der Waals surface area contributed by atoms with Gasteiger partial charge in [0.15, 0.2) is 0 Å². The fourth-order valence-electron chi connectivity index (χ4n) is 2.00. The largest absolute Gasteiger partial charge is 0.368 e. The zero-order chi connectivity index (χ0) is 14.7. The van der Waals surface area contributed by atoms with Crippen LogP contribution >= 0.6 is 0 Å². The van der Waals surface area contributed by atoms with Crippen molar-refractivity contribution in [1.29, 1.82) is 0 Å². The Morgan fingerprint density at radius 2 is 1.80 bits per heavy atom. The number of nitrogen functional groups attached to an aromatic ring is 1. The highest BCUT2D eigenvalue weighted by Gasteiger charge is 2.06. The maximum atomic E-state index is 10.8. The van der Waals surface area contributed by atoms with Gasteiger partial charge in [-0.05, 0) is 26.0 Å². The van der Waals surface area contributed by atoms with Gasteiger partial charge >= 0.3 is 0 Å². The van der Waals surface area contributed by atoms with Crippen LogP contribution in [-0.2, 0) is 4.79 Å². The van der Waals surface area contributed by atoms with Crippen LogP contribution in [0.5, 0.6) is 0 Å². The predicted octanol–water partition coefficient (Wildman–Crippen LogP) is 1.24. The van der Waals surface area contributed by atoms with Crippen LogP contribution in [0.1, 0.15) is 11.1 Å². The normalized spacial score (nSPS) is 10.3. The van der Waals surface area contributed by atoms with Crippen LogP contribution in [0.4, 0.5) is 11.8 Å².